The first-order chi connectivity index (χ1) is 5.77. The molecule has 0 radical (unpaired) electrons. The molecule has 0 amide bonds. The molecule has 0 fully saturated rings. The minimum absolute atomic E-state index is 1.08. The topological polar surface area (TPSA) is 3.24 Å². The SMILES string of the molecule is CCN(CC)c1ccc(I)cc1. The summed E-state index contributed by atoms with van der Waals surface area (Å²) in [5.41, 5.74) is 1.32. The second kappa shape index (κ2) is 4.70. The van der Waals surface area contributed by atoms with Crippen molar-refractivity contribution in [3.8, 4) is 0 Å². The molecule has 0 aliphatic carbocycles. The number of hydrogen-bond acceptors (Lipinski definition) is 1. The highest BCUT2D eigenvalue weighted by molar-refractivity contribution is 14.1. The Kier molecular flexibility index (Phi) is 3.85. The quantitative estimate of drug-likeness (QED) is 0.766. The Morgan fingerprint density at radius 1 is 1.08 bits per heavy atom. The lowest BCUT2D eigenvalue weighted by atomic mass is 10.3. The normalized spacial score (nSPS) is 9.92. The molecular formula is C10H14IN. The van der Waals surface area contributed by atoms with Crippen LogP contribution in [-0.2, 0) is 0 Å². The lowest BCUT2D eigenvalue weighted by Gasteiger charge is -2.20. The van der Waals surface area contributed by atoms with E-state index in [1.165, 1.54) is 9.26 Å². The summed E-state index contributed by atoms with van der Waals surface area (Å²) in [5.74, 6) is 0. The van der Waals surface area contributed by atoms with Crippen molar-refractivity contribution in [2.45, 2.75) is 13.8 Å². The molecule has 12 heavy (non-hydrogen) atoms. The summed E-state index contributed by atoms with van der Waals surface area (Å²) in [7, 11) is 0. The van der Waals surface area contributed by atoms with Gasteiger partial charge in [0, 0.05) is 22.3 Å². The second-order valence-electron chi connectivity index (χ2n) is 2.65. The lowest BCUT2D eigenvalue weighted by molar-refractivity contribution is 0.866. The molecule has 0 aromatic heterocycles. The molecule has 0 heterocycles. The lowest BCUT2D eigenvalue weighted by Crippen LogP contribution is -2.21. The van der Waals surface area contributed by atoms with Crippen LogP contribution >= 0.6 is 22.6 Å². The van der Waals surface area contributed by atoms with E-state index in [9.17, 15) is 0 Å². The fourth-order valence-corrected chi connectivity index (χ4v) is 1.60. The number of rotatable bonds is 3. The maximum atomic E-state index is 2.34. The van der Waals surface area contributed by atoms with Gasteiger partial charge < -0.3 is 4.90 Å². The van der Waals surface area contributed by atoms with Gasteiger partial charge in [-0.2, -0.15) is 0 Å². The zero-order chi connectivity index (χ0) is 8.97. The van der Waals surface area contributed by atoms with E-state index < -0.39 is 0 Å². The third-order valence-electron chi connectivity index (χ3n) is 1.96. The van der Waals surface area contributed by atoms with Gasteiger partial charge in [-0.1, -0.05) is 0 Å². The average Bonchev–Trinajstić information content (AvgIpc) is 2.10. The Labute approximate surface area is 87.9 Å². The molecule has 1 aromatic carbocycles. The molecule has 66 valence electrons. The van der Waals surface area contributed by atoms with Crippen LogP contribution in [-0.4, -0.2) is 13.1 Å². The Balaban J connectivity index is 2.80. The number of nitrogens with zero attached hydrogens (tertiary/aromatic N) is 1. The van der Waals surface area contributed by atoms with Gasteiger partial charge in [0.05, 0.1) is 0 Å². The van der Waals surface area contributed by atoms with Crippen LogP contribution in [0.25, 0.3) is 0 Å². The minimum Gasteiger partial charge on any atom is -0.372 e. The summed E-state index contributed by atoms with van der Waals surface area (Å²) in [6.45, 7) is 6.52. The van der Waals surface area contributed by atoms with Crippen molar-refractivity contribution in [3.05, 3.63) is 27.8 Å². The van der Waals surface area contributed by atoms with E-state index >= 15 is 0 Å². The van der Waals surface area contributed by atoms with E-state index in [4.69, 9.17) is 0 Å². The van der Waals surface area contributed by atoms with Crippen molar-refractivity contribution >= 4 is 28.3 Å². The molecule has 0 N–H and O–H groups in total. The van der Waals surface area contributed by atoms with E-state index in [-0.39, 0.29) is 0 Å². The monoisotopic (exact) mass is 275 g/mol. The number of hydrogen-bond donors (Lipinski definition) is 0. The van der Waals surface area contributed by atoms with Crippen LogP contribution < -0.4 is 4.90 Å². The summed E-state index contributed by atoms with van der Waals surface area (Å²) in [6, 6.07) is 8.64. The van der Waals surface area contributed by atoms with Gasteiger partial charge in [0.1, 0.15) is 0 Å². The van der Waals surface area contributed by atoms with E-state index in [2.05, 4.69) is 65.6 Å². The summed E-state index contributed by atoms with van der Waals surface area (Å²) in [5, 5.41) is 0. The van der Waals surface area contributed by atoms with Gasteiger partial charge in [-0.3, -0.25) is 0 Å². The third-order valence-corrected chi connectivity index (χ3v) is 2.67. The summed E-state index contributed by atoms with van der Waals surface area (Å²) >= 11 is 2.33. The van der Waals surface area contributed by atoms with Crippen LogP contribution in [0.1, 0.15) is 13.8 Å². The van der Waals surface area contributed by atoms with Gasteiger partial charge in [-0.25, -0.2) is 0 Å². The zero-order valence-corrected chi connectivity index (χ0v) is 9.71. The maximum Gasteiger partial charge on any atom is 0.0366 e. The highest BCUT2D eigenvalue weighted by Crippen LogP contribution is 2.15. The number of halogens is 1. The predicted octanol–water partition coefficient (Wildman–Crippen LogP) is 3.14. The van der Waals surface area contributed by atoms with E-state index in [1.807, 2.05) is 0 Å². The van der Waals surface area contributed by atoms with Crippen LogP contribution in [0.4, 0.5) is 5.69 Å². The van der Waals surface area contributed by atoms with Crippen LogP contribution in [0, 0.1) is 3.57 Å². The fourth-order valence-electron chi connectivity index (χ4n) is 1.24. The van der Waals surface area contributed by atoms with Crippen LogP contribution in [0.5, 0.6) is 0 Å². The van der Waals surface area contributed by atoms with Crippen molar-refractivity contribution in [2.24, 2.45) is 0 Å². The predicted molar refractivity (Wildman–Crippen MR) is 62.7 cm³/mol. The van der Waals surface area contributed by atoms with Gasteiger partial charge in [0.15, 0.2) is 0 Å². The van der Waals surface area contributed by atoms with Gasteiger partial charge in [0.2, 0.25) is 0 Å². The molecule has 0 bridgehead atoms. The molecule has 1 nitrogen and oxygen atoms in total. The maximum absolute atomic E-state index is 2.34. The summed E-state index contributed by atoms with van der Waals surface area (Å²) in [4.78, 5) is 2.34. The van der Waals surface area contributed by atoms with Crippen molar-refractivity contribution in [3.63, 3.8) is 0 Å². The van der Waals surface area contributed by atoms with Gasteiger partial charge in [-0.05, 0) is 60.7 Å². The molecule has 0 atom stereocenters. The standard InChI is InChI=1S/C10H14IN/c1-3-12(4-2)10-7-5-9(11)6-8-10/h5-8H,3-4H2,1-2H3. The first-order valence-corrected chi connectivity index (χ1v) is 5.36. The van der Waals surface area contributed by atoms with Crippen LogP contribution in [0.3, 0.4) is 0 Å². The molecule has 2 heteroatoms. The van der Waals surface area contributed by atoms with E-state index in [0.717, 1.165) is 13.1 Å². The number of anilines is 1. The van der Waals surface area contributed by atoms with Gasteiger partial charge >= 0.3 is 0 Å². The molecular weight excluding hydrogens is 261 g/mol. The number of benzene rings is 1. The van der Waals surface area contributed by atoms with Crippen molar-refractivity contribution < 1.29 is 0 Å². The van der Waals surface area contributed by atoms with Gasteiger partial charge in [-0.15, -0.1) is 0 Å². The molecule has 1 aromatic rings. The summed E-state index contributed by atoms with van der Waals surface area (Å²) in [6.07, 6.45) is 0. The van der Waals surface area contributed by atoms with E-state index in [1.54, 1.807) is 0 Å². The molecule has 1 rings (SSSR count). The Hall–Kier alpha value is -0.250. The first kappa shape index (κ1) is 9.84. The smallest absolute Gasteiger partial charge is 0.0366 e. The minimum atomic E-state index is 1.08. The fraction of sp³-hybridized carbons (Fsp3) is 0.400. The van der Waals surface area contributed by atoms with Crippen molar-refractivity contribution in [1.82, 2.24) is 0 Å². The van der Waals surface area contributed by atoms with Crippen molar-refractivity contribution in [2.75, 3.05) is 18.0 Å². The Morgan fingerprint density at radius 3 is 2.00 bits per heavy atom. The Morgan fingerprint density at radius 2 is 1.58 bits per heavy atom. The van der Waals surface area contributed by atoms with Crippen LogP contribution in [0.2, 0.25) is 0 Å². The largest absolute Gasteiger partial charge is 0.372 e. The highest BCUT2D eigenvalue weighted by atomic mass is 127. The zero-order valence-electron chi connectivity index (χ0n) is 7.55. The third kappa shape index (κ3) is 2.37. The summed E-state index contributed by atoms with van der Waals surface area (Å²) < 4.78 is 1.29. The highest BCUT2D eigenvalue weighted by Gasteiger charge is 1.99. The van der Waals surface area contributed by atoms with Gasteiger partial charge in [0.25, 0.3) is 0 Å². The second-order valence-corrected chi connectivity index (χ2v) is 3.89. The van der Waals surface area contributed by atoms with Crippen LogP contribution in [0.15, 0.2) is 24.3 Å². The average molecular weight is 275 g/mol. The van der Waals surface area contributed by atoms with E-state index in [0.29, 0.717) is 0 Å². The molecule has 0 aliphatic rings. The molecule has 0 unspecified atom stereocenters. The Bertz CT molecular complexity index is 226. The van der Waals surface area contributed by atoms with Crippen molar-refractivity contribution in [1.29, 1.82) is 0 Å². The first-order valence-electron chi connectivity index (χ1n) is 4.28. The molecule has 0 saturated carbocycles. The molecule has 0 aliphatic heterocycles. The molecule has 0 spiro atoms. The molecule has 0 saturated heterocycles.